The molecule has 2 rings (SSSR count). The smallest absolute Gasteiger partial charge is 0.143 e. The molecule has 0 spiro atoms. The molecular formula is C13H20N2O3. The van der Waals surface area contributed by atoms with Crippen molar-refractivity contribution in [3.05, 3.63) is 18.2 Å². The lowest BCUT2D eigenvalue weighted by Gasteiger charge is -2.21. The molecule has 2 N–H and O–H groups in total. The first-order valence-corrected chi connectivity index (χ1v) is 5.94. The van der Waals surface area contributed by atoms with Crippen molar-refractivity contribution in [3.8, 4) is 5.75 Å². The molecule has 2 atom stereocenters. The van der Waals surface area contributed by atoms with Crippen LogP contribution in [0.15, 0.2) is 18.2 Å². The first-order valence-electron chi connectivity index (χ1n) is 5.94. The Morgan fingerprint density at radius 1 is 1.11 bits per heavy atom. The molecule has 2 unspecified atom stereocenters. The normalized spacial score (nSPS) is 23.4. The summed E-state index contributed by atoms with van der Waals surface area (Å²) in [6.45, 7) is 1.54. The summed E-state index contributed by atoms with van der Waals surface area (Å²) in [7, 11) is 5.03. The van der Waals surface area contributed by atoms with Crippen molar-refractivity contribution < 1.29 is 14.2 Å². The second-order valence-electron chi connectivity index (χ2n) is 4.35. The van der Waals surface area contributed by atoms with E-state index in [-0.39, 0.29) is 12.2 Å². The molecule has 1 aliphatic rings. The number of para-hydroxylation sites is 1. The molecule has 1 heterocycles. The molecule has 1 fully saturated rings. The summed E-state index contributed by atoms with van der Waals surface area (Å²) in [4.78, 5) is 2.17. The zero-order valence-electron chi connectivity index (χ0n) is 11.1. The molecule has 0 bridgehead atoms. The molecule has 0 saturated carbocycles. The fourth-order valence-corrected chi connectivity index (χ4v) is 2.38. The minimum Gasteiger partial charge on any atom is -0.495 e. The average Bonchev–Trinajstić information content (AvgIpc) is 2.82. The highest BCUT2D eigenvalue weighted by molar-refractivity contribution is 5.74. The maximum atomic E-state index is 6.10. The molecule has 0 aliphatic carbocycles. The standard InChI is InChI=1S/C13H20N2O3/c1-16-10-6-4-5-9(13(10)14)15-7-11(17-2)12(8-15)18-3/h4-6,11-12H,7-8,14H2,1-3H3. The monoisotopic (exact) mass is 252 g/mol. The van der Waals surface area contributed by atoms with E-state index in [1.807, 2.05) is 18.2 Å². The molecule has 1 saturated heterocycles. The van der Waals surface area contributed by atoms with Gasteiger partial charge in [0.05, 0.1) is 18.5 Å². The van der Waals surface area contributed by atoms with Gasteiger partial charge in [-0.1, -0.05) is 6.07 Å². The first kappa shape index (κ1) is 13.0. The van der Waals surface area contributed by atoms with Crippen molar-refractivity contribution in [1.29, 1.82) is 0 Å². The van der Waals surface area contributed by atoms with Crippen molar-refractivity contribution in [3.63, 3.8) is 0 Å². The lowest BCUT2D eigenvalue weighted by Crippen LogP contribution is -2.27. The van der Waals surface area contributed by atoms with Gasteiger partial charge in [0.1, 0.15) is 18.0 Å². The van der Waals surface area contributed by atoms with Crippen LogP contribution in [0.1, 0.15) is 0 Å². The highest BCUT2D eigenvalue weighted by atomic mass is 16.5. The van der Waals surface area contributed by atoms with Gasteiger partial charge in [-0.05, 0) is 12.1 Å². The van der Waals surface area contributed by atoms with Gasteiger partial charge in [-0.2, -0.15) is 0 Å². The van der Waals surface area contributed by atoms with Gasteiger partial charge in [-0.3, -0.25) is 0 Å². The third-order valence-electron chi connectivity index (χ3n) is 3.42. The van der Waals surface area contributed by atoms with Crippen LogP contribution in [0.5, 0.6) is 5.75 Å². The maximum Gasteiger partial charge on any atom is 0.143 e. The van der Waals surface area contributed by atoms with Crippen LogP contribution in [0.25, 0.3) is 0 Å². The number of methoxy groups -OCH3 is 3. The number of hydrogen-bond donors (Lipinski definition) is 1. The summed E-state index contributed by atoms with van der Waals surface area (Å²) in [5.74, 6) is 0.697. The number of benzene rings is 1. The molecule has 0 radical (unpaired) electrons. The topological polar surface area (TPSA) is 57.0 Å². The minimum atomic E-state index is 0.0700. The number of ether oxygens (including phenoxy) is 3. The fourth-order valence-electron chi connectivity index (χ4n) is 2.38. The van der Waals surface area contributed by atoms with E-state index in [4.69, 9.17) is 19.9 Å². The van der Waals surface area contributed by atoms with E-state index in [0.717, 1.165) is 18.8 Å². The number of nitrogens with zero attached hydrogens (tertiary/aromatic N) is 1. The number of anilines is 2. The number of nitrogens with two attached hydrogens (primary N) is 1. The van der Waals surface area contributed by atoms with E-state index in [2.05, 4.69) is 4.90 Å². The molecule has 0 aromatic heterocycles. The van der Waals surface area contributed by atoms with Crippen LogP contribution in [-0.4, -0.2) is 46.6 Å². The Kier molecular flexibility index (Phi) is 3.93. The summed E-state index contributed by atoms with van der Waals surface area (Å²) >= 11 is 0. The van der Waals surface area contributed by atoms with Crippen LogP contribution in [0.3, 0.4) is 0 Å². The van der Waals surface area contributed by atoms with Crippen molar-refractivity contribution in [1.82, 2.24) is 0 Å². The lowest BCUT2D eigenvalue weighted by atomic mass is 10.2. The van der Waals surface area contributed by atoms with E-state index in [1.165, 1.54) is 0 Å². The Hall–Kier alpha value is -1.46. The summed E-state index contributed by atoms with van der Waals surface area (Å²) in [6, 6.07) is 5.78. The Morgan fingerprint density at radius 3 is 2.22 bits per heavy atom. The van der Waals surface area contributed by atoms with E-state index < -0.39 is 0 Å². The van der Waals surface area contributed by atoms with Gasteiger partial charge in [-0.25, -0.2) is 0 Å². The van der Waals surface area contributed by atoms with Crippen LogP contribution >= 0.6 is 0 Å². The summed E-state index contributed by atoms with van der Waals surface area (Å²) in [6.07, 6.45) is 0.140. The number of rotatable bonds is 4. The van der Waals surface area contributed by atoms with E-state index >= 15 is 0 Å². The molecule has 1 aliphatic heterocycles. The van der Waals surface area contributed by atoms with E-state index in [9.17, 15) is 0 Å². The summed E-state index contributed by atoms with van der Waals surface area (Å²) < 4.78 is 16.1. The zero-order valence-corrected chi connectivity index (χ0v) is 11.1. The largest absolute Gasteiger partial charge is 0.495 e. The second kappa shape index (κ2) is 5.46. The van der Waals surface area contributed by atoms with Crippen molar-refractivity contribution in [2.75, 3.05) is 45.1 Å². The fraction of sp³-hybridized carbons (Fsp3) is 0.538. The Balaban J connectivity index is 2.23. The van der Waals surface area contributed by atoms with Gasteiger partial charge in [0.25, 0.3) is 0 Å². The predicted octanol–water partition coefficient (Wildman–Crippen LogP) is 1.13. The minimum absolute atomic E-state index is 0.0700. The van der Waals surface area contributed by atoms with E-state index in [1.54, 1.807) is 21.3 Å². The molecule has 1 aromatic rings. The Labute approximate surface area is 107 Å². The summed E-state index contributed by atoms with van der Waals surface area (Å²) in [5, 5.41) is 0. The van der Waals surface area contributed by atoms with Crippen LogP contribution < -0.4 is 15.4 Å². The van der Waals surface area contributed by atoms with Crippen LogP contribution in [0.2, 0.25) is 0 Å². The molecule has 18 heavy (non-hydrogen) atoms. The average molecular weight is 252 g/mol. The van der Waals surface area contributed by atoms with E-state index in [0.29, 0.717) is 11.4 Å². The highest BCUT2D eigenvalue weighted by Gasteiger charge is 2.34. The molecule has 100 valence electrons. The van der Waals surface area contributed by atoms with Crippen molar-refractivity contribution in [2.45, 2.75) is 12.2 Å². The van der Waals surface area contributed by atoms with Crippen LogP contribution in [0.4, 0.5) is 11.4 Å². The van der Waals surface area contributed by atoms with Gasteiger partial charge in [0, 0.05) is 27.3 Å². The molecular weight excluding hydrogens is 232 g/mol. The molecule has 1 aromatic carbocycles. The summed E-state index contributed by atoms with van der Waals surface area (Å²) in [5.41, 5.74) is 7.73. The number of nitrogen functional groups attached to an aromatic ring is 1. The second-order valence-corrected chi connectivity index (χ2v) is 4.35. The zero-order chi connectivity index (χ0) is 13.1. The quantitative estimate of drug-likeness (QED) is 0.814. The predicted molar refractivity (Wildman–Crippen MR) is 71.2 cm³/mol. The SMILES string of the molecule is COc1cccc(N2CC(OC)C(OC)C2)c1N. The van der Waals surface area contributed by atoms with Gasteiger partial charge in [-0.15, -0.1) is 0 Å². The highest BCUT2D eigenvalue weighted by Crippen LogP contribution is 2.34. The molecule has 5 nitrogen and oxygen atoms in total. The maximum absolute atomic E-state index is 6.10. The Morgan fingerprint density at radius 2 is 1.72 bits per heavy atom. The van der Waals surface area contributed by atoms with Crippen molar-refractivity contribution >= 4 is 11.4 Å². The third-order valence-corrected chi connectivity index (χ3v) is 3.42. The van der Waals surface area contributed by atoms with Crippen LogP contribution in [0, 0.1) is 0 Å². The molecule has 0 amide bonds. The van der Waals surface area contributed by atoms with Gasteiger partial charge < -0.3 is 24.8 Å². The van der Waals surface area contributed by atoms with Gasteiger partial charge in [0.15, 0.2) is 0 Å². The lowest BCUT2D eigenvalue weighted by molar-refractivity contribution is -0.00461. The molecule has 5 heteroatoms. The van der Waals surface area contributed by atoms with Gasteiger partial charge in [0.2, 0.25) is 0 Å². The van der Waals surface area contributed by atoms with Gasteiger partial charge >= 0.3 is 0 Å². The van der Waals surface area contributed by atoms with Crippen molar-refractivity contribution in [2.24, 2.45) is 0 Å². The third kappa shape index (κ3) is 2.23. The number of hydrogen-bond acceptors (Lipinski definition) is 5. The van der Waals surface area contributed by atoms with Crippen LogP contribution in [-0.2, 0) is 9.47 Å². The Bertz CT molecular complexity index is 399. The first-order chi connectivity index (χ1) is 8.71.